The fourth-order valence-corrected chi connectivity index (χ4v) is 3.37. The molecule has 29 heavy (non-hydrogen) atoms. The molecule has 0 unspecified atom stereocenters. The largest absolute Gasteiger partial charge is 0.490 e. The number of hydrogen-bond acceptors (Lipinski definition) is 3. The number of carbonyl (C=O) groups is 1. The minimum Gasteiger partial charge on any atom is -0.490 e. The minimum absolute atomic E-state index is 0.198. The molecule has 4 aromatic carbocycles. The zero-order valence-corrected chi connectivity index (χ0v) is 16.4. The number of hydrogen-bond donors (Lipinski definition) is 0. The van der Waals surface area contributed by atoms with E-state index in [4.69, 9.17) is 9.47 Å². The highest BCUT2D eigenvalue weighted by Crippen LogP contribution is 2.32. The maximum Gasteiger partial charge on any atom is 0.333 e. The van der Waals surface area contributed by atoms with Gasteiger partial charge >= 0.3 is 5.97 Å². The van der Waals surface area contributed by atoms with E-state index in [2.05, 4.69) is 73.3 Å². The molecule has 0 aliphatic carbocycles. The maximum absolute atomic E-state index is 11.4. The van der Waals surface area contributed by atoms with Crippen LogP contribution in [0.3, 0.4) is 0 Å². The van der Waals surface area contributed by atoms with Gasteiger partial charge in [-0.05, 0) is 63.9 Å². The van der Waals surface area contributed by atoms with Gasteiger partial charge in [0.25, 0.3) is 0 Å². The Bertz CT molecular complexity index is 1190. The lowest BCUT2D eigenvalue weighted by atomic mass is 9.95. The Kier molecular flexibility index (Phi) is 5.30. The van der Waals surface area contributed by atoms with Crippen LogP contribution in [-0.2, 0) is 9.53 Å². The second kappa shape index (κ2) is 8.19. The van der Waals surface area contributed by atoms with E-state index in [0.717, 1.165) is 11.3 Å². The quantitative estimate of drug-likeness (QED) is 0.173. The van der Waals surface area contributed by atoms with Crippen LogP contribution in [0.25, 0.3) is 32.7 Å². The number of carbonyl (C=O) groups excluding carboxylic acids is 1. The molecule has 0 N–H and O–H groups in total. The van der Waals surface area contributed by atoms with Crippen molar-refractivity contribution in [2.45, 2.75) is 6.92 Å². The molecule has 0 spiro atoms. The van der Waals surface area contributed by atoms with Crippen molar-refractivity contribution in [3.8, 4) is 16.9 Å². The summed E-state index contributed by atoms with van der Waals surface area (Å²) >= 11 is 0. The summed E-state index contributed by atoms with van der Waals surface area (Å²) in [6.45, 7) is 5.68. The summed E-state index contributed by atoms with van der Waals surface area (Å²) in [7, 11) is 0. The highest BCUT2D eigenvalue weighted by molar-refractivity contribution is 6.04. The Morgan fingerprint density at radius 3 is 2.24 bits per heavy atom. The monoisotopic (exact) mass is 382 g/mol. The average molecular weight is 382 g/mol. The topological polar surface area (TPSA) is 35.5 Å². The standard InChI is InChI=1S/C26H22O3/c1-18(2)26(27)29-15-14-28-23-12-10-19(11-13-23)24-9-5-8-22-16-20-6-3-4-7-21(20)17-25(22)24/h3-13,16-17H,1,14-15H2,2H3. The molecule has 0 atom stereocenters. The van der Waals surface area contributed by atoms with Crippen molar-refractivity contribution in [1.82, 2.24) is 0 Å². The summed E-state index contributed by atoms with van der Waals surface area (Å²) < 4.78 is 10.7. The summed E-state index contributed by atoms with van der Waals surface area (Å²) in [6, 6.07) is 27.3. The minimum atomic E-state index is -0.396. The van der Waals surface area contributed by atoms with Gasteiger partial charge in [-0.15, -0.1) is 0 Å². The van der Waals surface area contributed by atoms with Crippen LogP contribution in [0, 0.1) is 0 Å². The van der Waals surface area contributed by atoms with E-state index >= 15 is 0 Å². The average Bonchev–Trinajstić information content (AvgIpc) is 2.75. The Morgan fingerprint density at radius 1 is 0.828 bits per heavy atom. The van der Waals surface area contributed by atoms with Gasteiger partial charge in [-0.2, -0.15) is 0 Å². The highest BCUT2D eigenvalue weighted by atomic mass is 16.6. The van der Waals surface area contributed by atoms with Crippen molar-refractivity contribution in [3.63, 3.8) is 0 Å². The Morgan fingerprint density at radius 2 is 1.52 bits per heavy atom. The van der Waals surface area contributed by atoms with Gasteiger partial charge in [0.2, 0.25) is 0 Å². The zero-order valence-electron chi connectivity index (χ0n) is 16.4. The van der Waals surface area contributed by atoms with Gasteiger partial charge in [0, 0.05) is 5.57 Å². The first-order chi connectivity index (χ1) is 14.1. The van der Waals surface area contributed by atoms with Crippen LogP contribution < -0.4 is 4.74 Å². The Balaban J connectivity index is 1.53. The molecule has 0 aliphatic heterocycles. The van der Waals surface area contributed by atoms with E-state index in [0.29, 0.717) is 12.2 Å². The SMILES string of the molecule is C=C(C)C(=O)OCCOc1ccc(-c2cccc3cc4ccccc4cc23)cc1. The van der Waals surface area contributed by atoms with Crippen molar-refractivity contribution >= 4 is 27.5 Å². The second-order valence-electron chi connectivity index (χ2n) is 7.02. The van der Waals surface area contributed by atoms with Crippen molar-refractivity contribution < 1.29 is 14.3 Å². The number of benzene rings is 4. The van der Waals surface area contributed by atoms with Gasteiger partial charge in [0.05, 0.1) is 0 Å². The fourth-order valence-electron chi connectivity index (χ4n) is 3.37. The third-order valence-electron chi connectivity index (χ3n) is 4.85. The third kappa shape index (κ3) is 4.14. The summed E-state index contributed by atoms with van der Waals surface area (Å²) in [5, 5.41) is 4.93. The van der Waals surface area contributed by atoms with E-state index in [1.807, 2.05) is 12.1 Å². The van der Waals surface area contributed by atoms with Gasteiger partial charge in [-0.3, -0.25) is 0 Å². The number of rotatable bonds is 6. The van der Waals surface area contributed by atoms with Crippen LogP contribution >= 0.6 is 0 Å². The molecule has 3 heteroatoms. The van der Waals surface area contributed by atoms with Crippen molar-refractivity contribution in [1.29, 1.82) is 0 Å². The smallest absolute Gasteiger partial charge is 0.333 e. The van der Waals surface area contributed by atoms with Crippen molar-refractivity contribution in [2.75, 3.05) is 13.2 Å². The molecular formula is C26H22O3. The number of esters is 1. The first-order valence-electron chi connectivity index (χ1n) is 9.59. The molecule has 0 heterocycles. The zero-order chi connectivity index (χ0) is 20.2. The van der Waals surface area contributed by atoms with Crippen LogP contribution in [0.4, 0.5) is 0 Å². The van der Waals surface area contributed by atoms with Crippen molar-refractivity contribution in [2.24, 2.45) is 0 Å². The van der Waals surface area contributed by atoms with Crippen molar-refractivity contribution in [3.05, 3.63) is 91.0 Å². The van der Waals surface area contributed by atoms with Crippen LogP contribution in [0.5, 0.6) is 5.75 Å². The van der Waals surface area contributed by atoms with Gasteiger partial charge in [-0.1, -0.05) is 61.2 Å². The van der Waals surface area contributed by atoms with Crippen LogP contribution in [-0.4, -0.2) is 19.2 Å². The first kappa shape index (κ1) is 18.8. The number of fused-ring (bicyclic) bond motifs is 2. The third-order valence-corrected chi connectivity index (χ3v) is 4.85. The summed E-state index contributed by atoms with van der Waals surface area (Å²) in [5.41, 5.74) is 2.71. The lowest BCUT2D eigenvalue weighted by Crippen LogP contribution is -2.12. The predicted molar refractivity (Wildman–Crippen MR) is 118 cm³/mol. The predicted octanol–water partition coefficient (Wildman–Crippen LogP) is 6.16. The van der Waals surface area contributed by atoms with E-state index < -0.39 is 5.97 Å². The van der Waals surface area contributed by atoms with E-state index in [-0.39, 0.29) is 6.61 Å². The van der Waals surface area contributed by atoms with Gasteiger partial charge < -0.3 is 9.47 Å². The number of ether oxygens (including phenoxy) is 2. The lowest BCUT2D eigenvalue weighted by molar-refractivity contribution is -0.139. The molecule has 0 radical (unpaired) electrons. The molecule has 0 fully saturated rings. The molecule has 0 aliphatic rings. The van der Waals surface area contributed by atoms with Gasteiger partial charge in [0.15, 0.2) is 0 Å². The molecule has 0 saturated heterocycles. The highest BCUT2D eigenvalue weighted by Gasteiger charge is 2.07. The Labute approximate surface area is 170 Å². The van der Waals surface area contributed by atoms with Gasteiger partial charge in [0.1, 0.15) is 19.0 Å². The maximum atomic E-state index is 11.4. The first-order valence-corrected chi connectivity index (χ1v) is 9.59. The summed E-state index contributed by atoms with van der Waals surface area (Å²) in [6.07, 6.45) is 0. The molecule has 0 aromatic heterocycles. The molecule has 0 bridgehead atoms. The molecule has 3 nitrogen and oxygen atoms in total. The molecule has 0 amide bonds. The molecule has 144 valence electrons. The van der Waals surface area contributed by atoms with E-state index in [1.165, 1.54) is 27.1 Å². The molecule has 0 saturated carbocycles. The summed E-state index contributed by atoms with van der Waals surface area (Å²) in [5.74, 6) is 0.346. The van der Waals surface area contributed by atoms with Gasteiger partial charge in [-0.25, -0.2) is 4.79 Å². The fraction of sp³-hybridized carbons (Fsp3) is 0.115. The normalized spacial score (nSPS) is 10.8. The van der Waals surface area contributed by atoms with Crippen LogP contribution in [0.1, 0.15) is 6.92 Å². The molecule has 4 rings (SSSR count). The second-order valence-corrected chi connectivity index (χ2v) is 7.02. The lowest BCUT2D eigenvalue weighted by Gasteiger charge is -2.11. The van der Waals surface area contributed by atoms with Crippen LogP contribution in [0.2, 0.25) is 0 Å². The summed E-state index contributed by atoms with van der Waals surface area (Å²) in [4.78, 5) is 11.4. The Hall–Kier alpha value is -3.59. The van der Waals surface area contributed by atoms with E-state index in [1.54, 1.807) is 6.92 Å². The van der Waals surface area contributed by atoms with E-state index in [9.17, 15) is 4.79 Å². The molecular weight excluding hydrogens is 360 g/mol. The van der Waals surface area contributed by atoms with Crippen LogP contribution in [0.15, 0.2) is 91.0 Å². The molecule has 4 aromatic rings.